The van der Waals surface area contributed by atoms with E-state index in [1.807, 2.05) is 42.5 Å². The van der Waals surface area contributed by atoms with Crippen molar-refractivity contribution in [3.63, 3.8) is 0 Å². The molecule has 0 amide bonds. The van der Waals surface area contributed by atoms with E-state index in [4.69, 9.17) is 0 Å². The Morgan fingerprint density at radius 3 is 2.06 bits per heavy atom. The number of anilines is 4. The predicted molar refractivity (Wildman–Crippen MR) is 140 cm³/mol. The molecule has 34 heavy (non-hydrogen) atoms. The van der Waals surface area contributed by atoms with Gasteiger partial charge in [-0.1, -0.05) is 69.2 Å². The third-order valence-electron chi connectivity index (χ3n) is 5.41. The molecule has 7 nitrogen and oxygen atoms in total. The number of hydrogen-bond donors (Lipinski definition) is 3. The number of Topliss-reactive ketones (excluding diaryl/α,β-unsaturated/α-hetero) is 1. The predicted octanol–water partition coefficient (Wildman–Crippen LogP) is 5.78. The minimum Gasteiger partial charge on any atom is -0.354 e. The first-order valence-electron chi connectivity index (χ1n) is 12.3. The molecule has 7 heteroatoms. The van der Waals surface area contributed by atoms with Crippen LogP contribution in [0.5, 0.6) is 0 Å². The van der Waals surface area contributed by atoms with Crippen LogP contribution in [0.3, 0.4) is 0 Å². The molecule has 0 spiro atoms. The highest BCUT2D eigenvalue weighted by molar-refractivity contribution is 5.81. The summed E-state index contributed by atoms with van der Waals surface area (Å²) in [6.45, 7) is 5.79. The molecule has 0 atom stereocenters. The van der Waals surface area contributed by atoms with Crippen molar-refractivity contribution >= 4 is 29.3 Å². The molecule has 0 saturated heterocycles. The zero-order chi connectivity index (χ0) is 24.0. The van der Waals surface area contributed by atoms with Crippen LogP contribution in [0.15, 0.2) is 54.6 Å². The lowest BCUT2D eigenvalue weighted by Crippen LogP contribution is -2.13. The van der Waals surface area contributed by atoms with E-state index in [-0.39, 0.29) is 5.78 Å². The Hall–Kier alpha value is -3.48. The van der Waals surface area contributed by atoms with E-state index in [1.165, 1.54) is 5.56 Å². The van der Waals surface area contributed by atoms with Crippen LogP contribution in [0, 0.1) is 0 Å². The maximum atomic E-state index is 12.1. The zero-order valence-electron chi connectivity index (χ0n) is 20.3. The Labute approximate surface area is 202 Å². The fourth-order valence-electron chi connectivity index (χ4n) is 3.46. The van der Waals surface area contributed by atoms with Crippen molar-refractivity contribution in [2.75, 3.05) is 29.0 Å². The van der Waals surface area contributed by atoms with Gasteiger partial charge in [0.05, 0.1) is 0 Å². The molecule has 0 aliphatic carbocycles. The van der Waals surface area contributed by atoms with Crippen molar-refractivity contribution in [3.05, 3.63) is 65.7 Å². The Kier molecular flexibility index (Phi) is 10.3. The Morgan fingerprint density at radius 1 is 0.735 bits per heavy atom. The Balaban J connectivity index is 1.64. The molecule has 180 valence electrons. The summed E-state index contributed by atoms with van der Waals surface area (Å²) in [6.07, 6.45) is 6.14. The number of carbonyl (C=O) groups is 1. The summed E-state index contributed by atoms with van der Waals surface area (Å²) < 4.78 is 0. The van der Waals surface area contributed by atoms with Gasteiger partial charge in [0.1, 0.15) is 5.78 Å². The van der Waals surface area contributed by atoms with E-state index < -0.39 is 0 Å². The summed E-state index contributed by atoms with van der Waals surface area (Å²) in [5.74, 6) is 1.84. The van der Waals surface area contributed by atoms with Crippen molar-refractivity contribution in [2.45, 2.75) is 58.8 Å². The smallest absolute Gasteiger partial charge is 0.233 e. The molecule has 0 fully saturated rings. The van der Waals surface area contributed by atoms with Gasteiger partial charge in [0.25, 0.3) is 0 Å². The van der Waals surface area contributed by atoms with Crippen molar-refractivity contribution in [3.8, 4) is 0 Å². The highest BCUT2D eigenvalue weighted by Gasteiger charge is 2.08. The van der Waals surface area contributed by atoms with Gasteiger partial charge >= 0.3 is 0 Å². The van der Waals surface area contributed by atoms with Crippen LogP contribution >= 0.6 is 0 Å². The van der Waals surface area contributed by atoms with Crippen LogP contribution in [0.4, 0.5) is 23.5 Å². The molecule has 3 aromatic rings. The minimum atomic E-state index is 0.286. The van der Waals surface area contributed by atoms with Gasteiger partial charge in [-0.15, -0.1) is 0 Å². The van der Waals surface area contributed by atoms with Gasteiger partial charge in [-0.25, -0.2) is 0 Å². The van der Waals surface area contributed by atoms with Gasteiger partial charge in [-0.2, -0.15) is 15.0 Å². The first-order valence-corrected chi connectivity index (χ1v) is 12.3. The topological polar surface area (TPSA) is 91.8 Å². The monoisotopic (exact) mass is 460 g/mol. The second-order valence-corrected chi connectivity index (χ2v) is 8.39. The van der Waals surface area contributed by atoms with Crippen LogP contribution in [-0.4, -0.2) is 33.8 Å². The number of rotatable bonds is 15. The van der Waals surface area contributed by atoms with Gasteiger partial charge in [-0.3, -0.25) is 4.79 Å². The summed E-state index contributed by atoms with van der Waals surface area (Å²) in [7, 11) is 0. The maximum absolute atomic E-state index is 12.1. The summed E-state index contributed by atoms with van der Waals surface area (Å²) in [4.78, 5) is 25.7. The molecule has 3 rings (SSSR count). The molecule has 0 aliphatic heterocycles. The second kappa shape index (κ2) is 13.9. The zero-order valence-corrected chi connectivity index (χ0v) is 20.3. The first kappa shape index (κ1) is 25.1. The van der Waals surface area contributed by atoms with Crippen LogP contribution in [0.25, 0.3) is 0 Å². The lowest BCUT2D eigenvalue weighted by atomic mass is 10.0. The van der Waals surface area contributed by atoms with Crippen molar-refractivity contribution in [1.29, 1.82) is 0 Å². The average Bonchev–Trinajstić information content (AvgIpc) is 2.85. The molecule has 0 bridgehead atoms. The van der Waals surface area contributed by atoms with Gasteiger partial charge < -0.3 is 16.0 Å². The quantitative estimate of drug-likeness (QED) is 0.247. The summed E-state index contributed by atoms with van der Waals surface area (Å²) in [5, 5.41) is 9.88. The van der Waals surface area contributed by atoms with E-state index in [0.717, 1.165) is 56.4 Å². The average molecular weight is 461 g/mol. The molecular weight excluding hydrogens is 424 g/mol. The SMILES string of the molecule is CCCCNc1nc(NCCc2ccccc2)nc(Nc2ccc(CC(=O)CCCC)cc2)n1. The van der Waals surface area contributed by atoms with Crippen molar-refractivity contribution < 1.29 is 4.79 Å². The molecule has 0 unspecified atom stereocenters. The van der Waals surface area contributed by atoms with E-state index in [9.17, 15) is 4.79 Å². The Morgan fingerprint density at radius 2 is 1.38 bits per heavy atom. The number of carbonyl (C=O) groups excluding carboxylic acids is 1. The number of aromatic nitrogens is 3. The lowest BCUT2D eigenvalue weighted by Gasteiger charge is -2.12. The third kappa shape index (κ3) is 8.81. The minimum absolute atomic E-state index is 0.286. The highest BCUT2D eigenvalue weighted by Crippen LogP contribution is 2.18. The summed E-state index contributed by atoms with van der Waals surface area (Å²) >= 11 is 0. The largest absolute Gasteiger partial charge is 0.354 e. The van der Waals surface area contributed by atoms with Crippen LogP contribution in [-0.2, 0) is 17.6 Å². The van der Waals surface area contributed by atoms with Crippen LogP contribution < -0.4 is 16.0 Å². The van der Waals surface area contributed by atoms with E-state index in [2.05, 4.69) is 56.9 Å². The van der Waals surface area contributed by atoms with Gasteiger partial charge in [0.15, 0.2) is 0 Å². The molecule has 0 radical (unpaired) electrons. The maximum Gasteiger partial charge on any atom is 0.233 e. The normalized spacial score (nSPS) is 10.6. The summed E-state index contributed by atoms with van der Waals surface area (Å²) in [6, 6.07) is 18.2. The van der Waals surface area contributed by atoms with Crippen LogP contribution in [0.2, 0.25) is 0 Å². The molecule has 0 saturated carbocycles. The molecular formula is C27H36N6O. The molecule has 1 heterocycles. The van der Waals surface area contributed by atoms with E-state index >= 15 is 0 Å². The van der Waals surface area contributed by atoms with Crippen molar-refractivity contribution in [1.82, 2.24) is 15.0 Å². The fraction of sp³-hybridized carbons (Fsp3) is 0.407. The van der Waals surface area contributed by atoms with Crippen LogP contribution in [0.1, 0.15) is 57.1 Å². The van der Waals surface area contributed by atoms with Gasteiger partial charge in [0, 0.05) is 31.6 Å². The molecule has 1 aromatic heterocycles. The number of nitrogens with one attached hydrogen (secondary N) is 3. The summed E-state index contributed by atoms with van der Waals surface area (Å²) in [5.41, 5.74) is 3.15. The molecule has 0 aliphatic rings. The van der Waals surface area contributed by atoms with Crippen molar-refractivity contribution in [2.24, 2.45) is 0 Å². The van der Waals surface area contributed by atoms with E-state index in [0.29, 0.717) is 30.7 Å². The second-order valence-electron chi connectivity index (χ2n) is 8.39. The standard InChI is InChI=1S/C27H36N6O/c1-3-5-12-24(34)20-22-13-15-23(16-14-22)30-27-32-25(28-18-6-4-2)31-26(33-27)29-19-17-21-10-8-7-9-11-21/h7-11,13-16H,3-6,12,17-20H2,1-2H3,(H3,28,29,30,31,32,33). The van der Waals surface area contributed by atoms with Gasteiger partial charge in [0.2, 0.25) is 17.8 Å². The molecule has 3 N–H and O–H groups in total. The number of unbranched alkanes of at least 4 members (excludes halogenated alkanes) is 2. The number of ketones is 1. The highest BCUT2D eigenvalue weighted by atomic mass is 16.1. The molecule has 2 aromatic carbocycles. The first-order chi connectivity index (χ1) is 16.7. The number of benzene rings is 2. The van der Waals surface area contributed by atoms with Gasteiger partial charge in [-0.05, 0) is 42.5 Å². The number of nitrogens with zero attached hydrogens (tertiary/aromatic N) is 3. The Bertz CT molecular complexity index is 1010. The van der Waals surface area contributed by atoms with E-state index in [1.54, 1.807) is 0 Å². The third-order valence-corrected chi connectivity index (χ3v) is 5.41. The lowest BCUT2D eigenvalue weighted by molar-refractivity contribution is -0.118. The fourth-order valence-corrected chi connectivity index (χ4v) is 3.46. The number of hydrogen-bond acceptors (Lipinski definition) is 7.